The first kappa shape index (κ1) is 19.6. The molecule has 1 rings (SSSR count). The number of carbonyl (C=O) groups is 1. The molecule has 0 radical (unpaired) electrons. The van der Waals surface area contributed by atoms with Gasteiger partial charge in [0, 0.05) is 12.0 Å². The maximum atomic E-state index is 11.8. The zero-order valence-corrected chi connectivity index (χ0v) is 14.6. The minimum atomic E-state index is -0.330. The summed E-state index contributed by atoms with van der Waals surface area (Å²) >= 11 is 0. The lowest BCUT2D eigenvalue weighted by molar-refractivity contribution is 0.134. The molecule has 0 saturated heterocycles. The number of aliphatic hydroxyl groups is 1. The molecule has 1 saturated carbocycles. The smallest absolute Gasteiger partial charge is 0.407 e. The van der Waals surface area contributed by atoms with Crippen LogP contribution in [-0.4, -0.2) is 23.8 Å². The van der Waals surface area contributed by atoms with E-state index in [1.807, 2.05) is 12.2 Å². The largest absolute Gasteiger partial charge is 0.512 e. The molecule has 2 unspecified atom stereocenters. The van der Waals surface area contributed by atoms with Crippen molar-refractivity contribution >= 4 is 6.09 Å². The van der Waals surface area contributed by atoms with Crippen LogP contribution in [0.1, 0.15) is 71.1 Å². The Morgan fingerprint density at radius 3 is 2.87 bits per heavy atom. The van der Waals surface area contributed by atoms with Crippen LogP contribution in [0.3, 0.4) is 0 Å². The highest BCUT2D eigenvalue weighted by atomic mass is 16.5. The van der Waals surface area contributed by atoms with E-state index in [-0.39, 0.29) is 18.1 Å². The molecule has 0 aromatic rings. The van der Waals surface area contributed by atoms with Crippen molar-refractivity contribution in [3.63, 3.8) is 0 Å². The summed E-state index contributed by atoms with van der Waals surface area (Å²) in [6.45, 7) is 6.27. The normalized spacial score (nSPS) is 21.7. The molecule has 4 nitrogen and oxygen atoms in total. The molecule has 0 aromatic heterocycles. The standard InChI is InChI=1S/C19H33NO3/c1-3-5-7-9-14-23-19(22)20-17-12-10-11-16(15-17)18(21)13-8-6-4-2/h3,13,16-17,21H,1,4-12,14-15H2,2H3,(H,20,22). The number of rotatable bonds is 10. The van der Waals surface area contributed by atoms with Crippen LogP contribution in [0.25, 0.3) is 0 Å². The van der Waals surface area contributed by atoms with E-state index in [9.17, 15) is 9.90 Å². The Bertz CT molecular complexity index is 379. The first-order valence-electron chi connectivity index (χ1n) is 9.10. The number of amides is 1. The van der Waals surface area contributed by atoms with Gasteiger partial charge in [0.15, 0.2) is 0 Å². The van der Waals surface area contributed by atoms with Crippen LogP contribution in [0.5, 0.6) is 0 Å². The highest BCUT2D eigenvalue weighted by molar-refractivity contribution is 5.67. The van der Waals surface area contributed by atoms with Crippen molar-refractivity contribution < 1.29 is 14.6 Å². The Hall–Kier alpha value is -1.45. The number of aliphatic hydroxyl groups excluding tert-OH is 1. The van der Waals surface area contributed by atoms with Crippen LogP contribution in [-0.2, 0) is 4.74 Å². The number of carbonyl (C=O) groups excluding carboxylic acids is 1. The lowest BCUT2D eigenvalue weighted by Gasteiger charge is -2.29. The third-order valence-electron chi connectivity index (χ3n) is 4.36. The van der Waals surface area contributed by atoms with Gasteiger partial charge in [0.1, 0.15) is 0 Å². The number of hydrogen-bond acceptors (Lipinski definition) is 3. The minimum absolute atomic E-state index is 0.108. The van der Waals surface area contributed by atoms with Gasteiger partial charge in [-0.3, -0.25) is 0 Å². The fourth-order valence-electron chi connectivity index (χ4n) is 2.97. The number of hydrogen-bond donors (Lipinski definition) is 2. The van der Waals surface area contributed by atoms with Crippen molar-refractivity contribution in [2.75, 3.05) is 6.61 Å². The van der Waals surface area contributed by atoms with Crippen LogP contribution < -0.4 is 5.32 Å². The Balaban J connectivity index is 2.27. The van der Waals surface area contributed by atoms with Gasteiger partial charge >= 0.3 is 6.09 Å². The third-order valence-corrected chi connectivity index (χ3v) is 4.36. The molecular weight excluding hydrogens is 290 g/mol. The minimum Gasteiger partial charge on any atom is -0.512 e. The Morgan fingerprint density at radius 1 is 1.30 bits per heavy atom. The molecular formula is C19H33NO3. The van der Waals surface area contributed by atoms with E-state index in [0.717, 1.165) is 64.2 Å². The summed E-state index contributed by atoms with van der Waals surface area (Å²) in [6, 6.07) is 0.108. The number of ether oxygens (including phenoxy) is 1. The molecule has 1 fully saturated rings. The zero-order chi connectivity index (χ0) is 16.9. The molecule has 0 bridgehead atoms. The highest BCUT2D eigenvalue weighted by Crippen LogP contribution is 2.29. The summed E-state index contributed by atoms with van der Waals surface area (Å²) in [5.74, 6) is 0.682. The molecule has 0 aliphatic heterocycles. The van der Waals surface area contributed by atoms with E-state index in [0.29, 0.717) is 12.4 Å². The highest BCUT2D eigenvalue weighted by Gasteiger charge is 2.25. The first-order valence-corrected chi connectivity index (χ1v) is 9.10. The van der Waals surface area contributed by atoms with E-state index in [4.69, 9.17) is 4.74 Å². The summed E-state index contributed by atoms with van der Waals surface area (Å²) in [5, 5.41) is 13.1. The molecule has 2 atom stereocenters. The van der Waals surface area contributed by atoms with Crippen LogP contribution in [0, 0.1) is 5.92 Å². The van der Waals surface area contributed by atoms with Crippen LogP contribution in [0.2, 0.25) is 0 Å². The number of alkyl carbamates (subject to hydrolysis) is 1. The summed E-state index contributed by atoms with van der Waals surface area (Å²) in [6.07, 6.45) is 13.3. The summed E-state index contributed by atoms with van der Waals surface area (Å²) in [4.78, 5) is 11.8. The molecule has 0 aromatic carbocycles. The topological polar surface area (TPSA) is 58.6 Å². The maximum Gasteiger partial charge on any atom is 0.407 e. The van der Waals surface area contributed by atoms with Crippen molar-refractivity contribution in [3.8, 4) is 0 Å². The molecule has 0 heterocycles. The van der Waals surface area contributed by atoms with Crippen LogP contribution in [0.4, 0.5) is 4.79 Å². The number of allylic oxidation sites excluding steroid dienone is 3. The van der Waals surface area contributed by atoms with Crippen molar-refractivity contribution in [2.45, 2.75) is 77.2 Å². The Kier molecular flexibility index (Phi) is 10.3. The quantitative estimate of drug-likeness (QED) is 0.327. The summed E-state index contributed by atoms with van der Waals surface area (Å²) < 4.78 is 5.21. The lowest BCUT2D eigenvalue weighted by atomic mass is 9.84. The third kappa shape index (κ3) is 8.68. The van der Waals surface area contributed by atoms with Gasteiger partial charge in [0.05, 0.1) is 12.4 Å². The van der Waals surface area contributed by atoms with Gasteiger partial charge in [-0.2, -0.15) is 0 Å². The summed E-state index contributed by atoms with van der Waals surface area (Å²) in [7, 11) is 0. The predicted octanol–water partition coefficient (Wildman–Crippen LogP) is 5.26. The molecule has 132 valence electrons. The second-order valence-electron chi connectivity index (χ2n) is 6.40. The van der Waals surface area contributed by atoms with Gasteiger partial charge in [-0.25, -0.2) is 4.79 Å². The maximum absolute atomic E-state index is 11.8. The molecule has 4 heteroatoms. The molecule has 2 N–H and O–H groups in total. The Morgan fingerprint density at radius 2 is 2.13 bits per heavy atom. The van der Waals surface area contributed by atoms with Gasteiger partial charge in [0.25, 0.3) is 0 Å². The monoisotopic (exact) mass is 323 g/mol. The second kappa shape index (κ2) is 12.0. The van der Waals surface area contributed by atoms with Crippen molar-refractivity contribution in [3.05, 3.63) is 24.5 Å². The average molecular weight is 323 g/mol. The van der Waals surface area contributed by atoms with Crippen molar-refractivity contribution in [2.24, 2.45) is 5.92 Å². The molecule has 1 amide bonds. The number of nitrogens with one attached hydrogen (secondary N) is 1. The van der Waals surface area contributed by atoms with E-state index in [2.05, 4.69) is 18.8 Å². The SMILES string of the molecule is C=CCCCCOC(=O)NC1CCCC(C(O)=CCCCC)C1. The number of unbranched alkanes of at least 4 members (excludes halogenated alkanes) is 4. The van der Waals surface area contributed by atoms with Crippen molar-refractivity contribution in [1.29, 1.82) is 0 Å². The fraction of sp³-hybridized carbons (Fsp3) is 0.737. The molecule has 23 heavy (non-hydrogen) atoms. The van der Waals surface area contributed by atoms with E-state index in [1.54, 1.807) is 0 Å². The van der Waals surface area contributed by atoms with E-state index < -0.39 is 0 Å². The van der Waals surface area contributed by atoms with Crippen LogP contribution in [0.15, 0.2) is 24.5 Å². The lowest BCUT2D eigenvalue weighted by Crippen LogP contribution is -2.39. The molecule has 1 aliphatic rings. The second-order valence-corrected chi connectivity index (χ2v) is 6.40. The van der Waals surface area contributed by atoms with E-state index >= 15 is 0 Å². The van der Waals surface area contributed by atoms with E-state index in [1.165, 1.54) is 0 Å². The van der Waals surface area contributed by atoms with Gasteiger partial charge in [-0.1, -0.05) is 25.8 Å². The predicted molar refractivity (Wildman–Crippen MR) is 94.5 cm³/mol. The first-order chi connectivity index (χ1) is 11.2. The van der Waals surface area contributed by atoms with Gasteiger partial charge < -0.3 is 15.2 Å². The van der Waals surface area contributed by atoms with Gasteiger partial charge in [0.2, 0.25) is 0 Å². The van der Waals surface area contributed by atoms with Crippen molar-refractivity contribution in [1.82, 2.24) is 5.32 Å². The average Bonchev–Trinajstić information content (AvgIpc) is 2.55. The summed E-state index contributed by atoms with van der Waals surface area (Å²) in [5.41, 5.74) is 0. The van der Waals surface area contributed by atoms with Gasteiger partial charge in [-0.05, 0) is 57.4 Å². The Labute approximate surface area is 141 Å². The molecule has 0 spiro atoms. The van der Waals surface area contributed by atoms with Crippen LogP contribution >= 0.6 is 0 Å². The van der Waals surface area contributed by atoms with Gasteiger partial charge in [-0.15, -0.1) is 6.58 Å². The fourth-order valence-corrected chi connectivity index (χ4v) is 2.97. The molecule has 1 aliphatic carbocycles. The zero-order valence-electron chi connectivity index (χ0n) is 14.6.